The Kier molecular flexibility index (Phi) is 7.11. The van der Waals surface area contributed by atoms with Crippen LogP contribution in [0.2, 0.25) is 0 Å². The van der Waals surface area contributed by atoms with Crippen LogP contribution >= 0.6 is 0 Å². The molecule has 0 fully saturated rings. The molecule has 0 aliphatic heterocycles. The maximum absolute atomic E-state index is 14.9. The van der Waals surface area contributed by atoms with E-state index >= 15 is 0 Å². The van der Waals surface area contributed by atoms with E-state index in [1.807, 2.05) is 0 Å². The molecule has 3 rings (SSSR count). The normalized spacial score (nSPS) is 12.2. The lowest BCUT2D eigenvalue weighted by Crippen LogP contribution is -2.31. The van der Waals surface area contributed by atoms with Crippen LogP contribution in [0, 0.1) is 11.7 Å². The minimum atomic E-state index is -6.02. The molecule has 35 heavy (non-hydrogen) atoms. The number of carboxylic acid groups (broad SMARTS) is 1. The fourth-order valence-corrected chi connectivity index (χ4v) is 4.02. The van der Waals surface area contributed by atoms with E-state index in [-0.39, 0.29) is 40.1 Å². The van der Waals surface area contributed by atoms with E-state index < -0.39 is 45.4 Å². The molecule has 1 amide bonds. The molecule has 2 N–H and O–H groups in total. The van der Waals surface area contributed by atoms with Gasteiger partial charge in [-0.15, -0.1) is 0 Å². The maximum atomic E-state index is 14.9. The Bertz CT molecular complexity index is 1450. The molecule has 188 valence electrons. The van der Waals surface area contributed by atoms with Gasteiger partial charge in [-0.1, -0.05) is 32.0 Å². The number of carbonyl (C=O) groups is 1. The molecule has 0 spiro atoms. The summed E-state index contributed by atoms with van der Waals surface area (Å²) in [4.78, 5) is 24.5. The minimum absolute atomic E-state index is 0.00181. The van der Waals surface area contributed by atoms with E-state index in [2.05, 4.69) is 9.50 Å². The predicted molar refractivity (Wildman–Crippen MR) is 119 cm³/mol. The molecule has 0 saturated carbocycles. The zero-order valence-corrected chi connectivity index (χ0v) is 19.2. The molecule has 8 nitrogen and oxygen atoms in total. The Labute approximate surface area is 196 Å². The maximum Gasteiger partial charge on any atom is 0.534 e. The van der Waals surface area contributed by atoms with Gasteiger partial charge in [0.2, 0.25) is 0 Å². The summed E-state index contributed by atoms with van der Waals surface area (Å²) in [7, 11) is -6.02. The number of hydrogen-bond donors (Lipinski definition) is 2. The van der Waals surface area contributed by atoms with Gasteiger partial charge in [0, 0.05) is 34.1 Å². The predicted octanol–water partition coefficient (Wildman–Crippen LogP) is 4.46. The highest BCUT2D eigenvalue weighted by atomic mass is 32.2. The van der Waals surface area contributed by atoms with Crippen molar-refractivity contribution in [2.45, 2.75) is 32.4 Å². The van der Waals surface area contributed by atoms with E-state index in [4.69, 9.17) is 5.11 Å². The second-order valence-electron chi connectivity index (χ2n) is 7.96. The Hall–Kier alpha value is -3.61. The number of fused-ring (bicyclic) bond motifs is 1. The van der Waals surface area contributed by atoms with E-state index in [1.165, 1.54) is 22.8 Å². The van der Waals surface area contributed by atoms with E-state index in [0.717, 1.165) is 24.3 Å². The van der Waals surface area contributed by atoms with Crippen molar-refractivity contribution in [2.24, 2.45) is 5.92 Å². The average molecular weight is 516 g/mol. The van der Waals surface area contributed by atoms with Crippen molar-refractivity contribution >= 4 is 27.0 Å². The van der Waals surface area contributed by atoms with Crippen LogP contribution in [0.1, 0.15) is 19.5 Å². The number of pyridine rings is 1. The van der Waals surface area contributed by atoms with Crippen LogP contribution in [0.25, 0.3) is 21.9 Å². The molecule has 0 bridgehead atoms. The van der Waals surface area contributed by atoms with Gasteiger partial charge in [0.05, 0.1) is 6.54 Å². The minimum Gasteiger partial charge on any atom is -0.465 e. The number of alkyl halides is 3. The smallest absolute Gasteiger partial charge is 0.465 e. The summed E-state index contributed by atoms with van der Waals surface area (Å²) < 4.78 is 81.9. The van der Waals surface area contributed by atoms with E-state index in [1.54, 1.807) is 13.8 Å². The highest BCUT2D eigenvalue weighted by Gasteiger charge is 2.48. The number of hydrogen-bond acceptors (Lipinski definition) is 5. The van der Waals surface area contributed by atoms with Crippen LogP contribution in [0.15, 0.2) is 47.3 Å². The van der Waals surface area contributed by atoms with E-state index in [0.29, 0.717) is 0 Å². The summed E-state index contributed by atoms with van der Waals surface area (Å²) in [5, 5.41) is 11.1. The SMILES string of the molecule is CC(C)Cn1c(CNC(=O)O)c(-c2ccccc2F)c2cc(OS(=O)(=O)C(F)(F)F)ccc2c1=O. The van der Waals surface area contributed by atoms with Gasteiger partial charge in [-0.25, -0.2) is 9.18 Å². The van der Waals surface area contributed by atoms with Gasteiger partial charge < -0.3 is 19.2 Å². The number of nitrogens with zero attached hydrogens (tertiary/aromatic N) is 1. The van der Waals surface area contributed by atoms with Gasteiger partial charge in [-0.3, -0.25) is 4.79 Å². The zero-order chi connectivity index (χ0) is 26.1. The first-order valence-corrected chi connectivity index (χ1v) is 11.6. The molecule has 2 aromatic carbocycles. The summed E-state index contributed by atoms with van der Waals surface area (Å²) in [6.07, 6.45) is -1.43. The number of amides is 1. The van der Waals surface area contributed by atoms with Crippen molar-refractivity contribution in [3.8, 4) is 16.9 Å². The average Bonchev–Trinajstić information content (AvgIpc) is 2.74. The molecule has 0 unspecified atom stereocenters. The lowest BCUT2D eigenvalue weighted by atomic mass is 9.95. The molecular formula is C22H20F4N2O6S. The Morgan fingerprint density at radius 1 is 1.14 bits per heavy atom. The Balaban J connectivity index is 2.43. The summed E-state index contributed by atoms with van der Waals surface area (Å²) >= 11 is 0. The van der Waals surface area contributed by atoms with Crippen molar-refractivity contribution < 1.29 is 40.1 Å². The van der Waals surface area contributed by atoms with Crippen LogP contribution in [-0.2, 0) is 23.2 Å². The Morgan fingerprint density at radius 3 is 2.37 bits per heavy atom. The van der Waals surface area contributed by atoms with Gasteiger partial charge in [-0.05, 0) is 30.2 Å². The first kappa shape index (κ1) is 26.0. The van der Waals surface area contributed by atoms with Crippen molar-refractivity contribution in [3.05, 3.63) is 64.3 Å². The highest BCUT2D eigenvalue weighted by Crippen LogP contribution is 2.36. The van der Waals surface area contributed by atoms with Crippen LogP contribution in [-0.4, -0.2) is 29.7 Å². The quantitative estimate of drug-likeness (QED) is 0.272. The molecule has 13 heteroatoms. The summed E-state index contributed by atoms with van der Waals surface area (Å²) in [5.41, 5.74) is -6.36. The molecule has 0 saturated heterocycles. The second kappa shape index (κ2) is 9.56. The first-order valence-electron chi connectivity index (χ1n) is 10.1. The first-order chi connectivity index (χ1) is 16.2. The lowest BCUT2D eigenvalue weighted by molar-refractivity contribution is -0.0500. The number of benzene rings is 2. The summed E-state index contributed by atoms with van der Waals surface area (Å²) in [6, 6.07) is 8.17. The van der Waals surface area contributed by atoms with E-state index in [9.17, 15) is 35.6 Å². The molecule has 0 aliphatic rings. The summed E-state index contributed by atoms with van der Waals surface area (Å²) in [6.45, 7) is 3.27. The second-order valence-corrected chi connectivity index (χ2v) is 9.50. The van der Waals surface area contributed by atoms with Crippen molar-refractivity contribution in [1.82, 2.24) is 9.88 Å². The largest absolute Gasteiger partial charge is 0.534 e. The number of nitrogens with one attached hydrogen (secondary N) is 1. The summed E-state index contributed by atoms with van der Waals surface area (Å²) in [5.74, 6) is -1.61. The van der Waals surface area contributed by atoms with Gasteiger partial charge in [0.1, 0.15) is 11.6 Å². The number of halogens is 4. The monoisotopic (exact) mass is 516 g/mol. The molecular weight excluding hydrogens is 496 g/mol. The molecule has 1 aromatic heterocycles. The van der Waals surface area contributed by atoms with Gasteiger partial charge >= 0.3 is 21.7 Å². The number of rotatable bonds is 7. The van der Waals surface area contributed by atoms with Crippen molar-refractivity contribution in [1.29, 1.82) is 0 Å². The zero-order valence-electron chi connectivity index (χ0n) is 18.4. The molecule has 0 radical (unpaired) electrons. The van der Waals surface area contributed by atoms with Crippen molar-refractivity contribution in [3.63, 3.8) is 0 Å². The van der Waals surface area contributed by atoms with Gasteiger partial charge in [0.25, 0.3) is 5.56 Å². The van der Waals surface area contributed by atoms with Crippen LogP contribution in [0.4, 0.5) is 22.4 Å². The van der Waals surface area contributed by atoms with Gasteiger partial charge in [0.15, 0.2) is 0 Å². The third-order valence-electron chi connectivity index (χ3n) is 4.94. The molecule has 3 aromatic rings. The lowest BCUT2D eigenvalue weighted by Gasteiger charge is -2.22. The third kappa shape index (κ3) is 5.39. The van der Waals surface area contributed by atoms with Crippen molar-refractivity contribution in [2.75, 3.05) is 0 Å². The third-order valence-corrected chi connectivity index (χ3v) is 5.92. The fourth-order valence-electron chi connectivity index (χ4n) is 3.57. The molecule has 0 aliphatic carbocycles. The molecule has 0 atom stereocenters. The standard InChI is InChI=1S/C22H20F4N2O6S/c1-12(2)11-28-18(10-27-21(30)31)19(15-5-3-4-6-17(15)23)16-9-13(7-8-14(16)20(28)29)34-35(32,33)22(24,25)26/h3-9,12,27H,10-11H2,1-2H3,(H,30,31). The van der Waals surface area contributed by atoms with Crippen LogP contribution in [0.5, 0.6) is 5.75 Å². The highest BCUT2D eigenvalue weighted by molar-refractivity contribution is 7.88. The van der Waals surface area contributed by atoms with Crippen LogP contribution in [0.3, 0.4) is 0 Å². The number of aromatic nitrogens is 1. The Morgan fingerprint density at radius 2 is 1.80 bits per heavy atom. The van der Waals surface area contributed by atoms with Crippen LogP contribution < -0.4 is 15.1 Å². The fraction of sp³-hybridized carbons (Fsp3) is 0.273. The molecule has 1 heterocycles. The topological polar surface area (TPSA) is 115 Å². The van der Waals surface area contributed by atoms with Gasteiger partial charge in [-0.2, -0.15) is 21.6 Å².